The van der Waals surface area contributed by atoms with E-state index in [9.17, 15) is 9.59 Å². The van der Waals surface area contributed by atoms with Crippen LogP contribution in [0.2, 0.25) is 38.8 Å². The molecule has 0 saturated carbocycles. The van der Waals surface area contributed by atoms with Crippen molar-refractivity contribution in [1.29, 1.82) is 0 Å². The van der Waals surface area contributed by atoms with E-state index in [0.29, 0.717) is 12.5 Å². The molecule has 0 bridgehead atoms. The van der Waals surface area contributed by atoms with Crippen LogP contribution in [0.4, 0.5) is 0 Å². The van der Waals surface area contributed by atoms with Gasteiger partial charge in [-0.1, -0.05) is 6.92 Å². The molecule has 0 heterocycles. The van der Waals surface area contributed by atoms with E-state index in [-0.39, 0.29) is 13.2 Å². The predicted octanol–water partition coefficient (Wildman–Crippen LogP) is 3.19. The summed E-state index contributed by atoms with van der Waals surface area (Å²) in [6.45, 7) is 16.7. The number of ether oxygens (including phenoxy) is 3. The lowest BCUT2D eigenvalue weighted by atomic mass is 10.2. The van der Waals surface area contributed by atoms with Gasteiger partial charge in [0.15, 0.2) is 22.7 Å². The summed E-state index contributed by atoms with van der Waals surface area (Å²) in [5.41, 5.74) is 0. The van der Waals surface area contributed by atoms with Gasteiger partial charge in [-0.05, 0) is 44.7 Å². The number of carbonyl (C=O) groups is 2. The molecule has 6 nitrogen and oxygen atoms in total. The maximum atomic E-state index is 11.1. The molecule has 8 heteroatoms. The topological polar surface area (TPSA) is 71.1 Å². The Morgan fingerprint density at radius 1 is 0.917 bits per heavy atom. The molecule has 0 saturated heterocycles. The fourth-order valence-electron chi connectivity index (χ4n) is 2.73. The maximum Gasteiger partial charge on any atom is 0.303 e. The highest BCUT2D eigenvalue weighted by Crippen LogP contribution is 2.22. The molecule has 0 spiro atoms. The molecule has 0 aliphatic carbocycles. The minimum Gasteiger partial charge on any atom is -0.462 e. The van der Waals surface area contributed by atoms with Crippen LogP contribution in [0.3, 0.4) is 0 Å². The van der Waals surface area contributed by atoms with Gasteiger partial charge in [0.1, 0.15) is 6.61 Å². The number of hydrogen-bond donors (Lipinski definition) is 0. The Hall–Kier alpha value is -0.706. The highest BCUT2D eigenvalue weighted by Gasteiger charge is 2.31. The van der Waals surface area contributed by atoms with Gasteiger partial charge in [0.2, 0.25) is 0 Å². The highest BCUT2D eigenvalue weighted by atomic mass is 28.4. The smallest absolute Gasteiger partial charge is 0.303 e. The zero-order valence-corrected chi connectivity index (χ0v) is 18.4. The van der Waals surface area contributed by atoms with Crippen LogP contribution in [0.1, 0.15) is 20.8 Å². The second kappa shape index (κ2) is 10.3. The largest absolute Gasteiger partial charge is 0.462 e. The first-order valence-electron chi connectivity index (χ1n) is 8.39. The molecule has 0 N–H and O–H groups in total. The molecule has 0 radical (unpaired) electrons. The molecule has 24 heavy (non-hydrogen) atoms. The van der Waals surface area contributed by atoms with Gasteiger partial charge in [-0.15, -0.1) is 0 Å². The first-order valence-corrected chi connectivity index (χ1v) is 14.9. The van der Waals surface area contributed by atoms with Crippen LogP contribution in [-0.4, -0.2) is 54.5 Å². The average Bonchev–Trinajstić information content (AvgIpc) is 2.30. The van der Waals surface area contributed by atoms with Crippen LogP contribution in [0.25, 0.3) is 0 Å². The predicted molar refractivity (Wildman–Crippen MR) is 98.9 cm³/mol. The Morgan fingerprint density at radius 2 is 1.50 bits per heavy atom. The summed E-state index contributed by atoms with van der Waals surface area (Å²) in [5.74, 6) is -0.465. The van der Waals surface area contributed by atoms with E-state index in [0.717, 1.165) is 6.04 Å². The number of hydrogen-bond acceptors (Lipinski definition) is 6. The van der Waals surface area contributed by atoms with Gasteiger partial charge in [0.25, 0.3) is 0 Å². The van der Waals surface area contributed by atoms with Crippen LogP contribution in [0, 0.1) is 5.92 Å². The van der Waals surface area contributed by atoms with Crippen molar-refractivity contribution in [2.24, 2.45) is 5.92 Å². The van der Waals surface area contributed by atoms with Gasteiger partial charge in [-0.2, -0.15) is 0 Å². The molecule has 0 fully saturated rings. The molecule has 2 unspecified atom stereocenters. The lowest BCUT2D eigenvalue weighted by Crippen LogP contribution is -2.43. The summed E-state index contributed by atoms with van der Waals surface area (Å²) in [6.07, 6.45) is -0.568. The van der Waals surface area contributed by atoms with Crippen molar-refractivity contribution in [2.75, 3.05) is 19.8 Å². The Morgan fingerprint density at radius 3 is 1.96 bits per heavy atom. The summed E-state index contributed by atoms with van der Waals surface area (Å²) in [4.78, 5) is 22.0. The van der Waals surface area contributed by atoms with Gasteiger partial charge in [-0.25, -0.2) is 0 Å². The molecule has 0 amide bonds. The Kier molecular flexibility index (Phi) is 10.0. The Labute approximate surface area is 148 Å². The van der Waals surface area contributed by atoms with Gasteiger partial charge < -0.3 is 18.3 Å². The van der Waals surface area contributed by atoms with Crippen molar-refractivity contribution in [3.8, 4) is 0 Å². The third kappa shape index (κ3) is 13.7. The quantitative estimate of drug-likeness (QED) is 0.406. The zero-order chi connectivity index (χ0) is 19.0. The third-order valence-electron chi connectivity index (χ3n) is 2.93. The first-order chi connectivity index (χ1) is 10.8. The molecule has 142 valence electrons. The Bertz CT molecular complexity index is 406. The minimum absolute atomic E-state index is 0.0161. The SMILES string of the molecule is CC(=O)OCC(COCC(C)C[Si](C)(C)O[Si](C)(C)C)OC(C)=O. The monoisotopic (exact) mass is 378 g/mol. The normalized spacial score (nSPS) is 14.8. The molecule has 0 aromatic rings. The van der Waals surface area contributed by atoms with E-state index in [1.165, 1.54) is 13.8 Å². The van der Waals surface area contributed by atoms with E-state index in [1.807, 2.05) is 0 Å². The van der Waals surface area contributed by atoms with Gasteiger partial charge in [-0.3, -0.25) is 9.59 Å². The van der Waals surface area contributed by atoms with E-state index in [4.69, 9.17) is 18.3 Å². The molecule has 0 aliphatic heterocycles. The van der Waals surface area contributed by atoms with Crippen LogP contribution >= 0.6 is 0 Å². The second-order valence-electron chi connectivity index (χ2n) is 7.85. The van der Waals surface area contributed by atoms with Crippen molar-refractivity contribution < 1.29 is 27.9 Å². The third-order valence-corrected chi connectivity index (χ3v) is 9.27. The van der Waals surface area contributed by atoms with Crippen molar-refractivity contribution in [2.45, 2.75) is 65.7 Å². The van der Waals surface area contributed by atoms with Crippen LogP contribution in [0.5, 0.6) is 0 Å². The molecule has 0 aromatic carbocycles. The highest BCUT2D eigenvalue weighted by molar-refractivity contribution is 6.84. The summed E-state index contributed by atoms with van der Waals surface area (Å²) >= 11 is 0. The minimum atomic E-state index is -1.71. The van der Waals surface area contributed by atoms with E-state index >= 15 is 0 Å². The van der Waals surface area contributed by atoms with Crippen molar-refractivity contribution in [3.05, 3.63) is 0 Å². The van der Waals surface area contributed by atoms with Crippen LogP contribution < -0.4 is 0 Å². The van der Waals surface area contributed by atoms with Gasteiger partial charge >= 0.3 is 11.9 Å². The van der Waals surface area contributed by atoms with E-state index in [2.05, 4.69) is 39.7 Å². The van der Waals surface area contributed by atoms with Crippen LogP contribution in [-0.2, 0) is 27.9 Å². The summed E-state index contributed by atoms with van der Waals surface area (Å²) < 4.78 is 22.0. The maximum absolute atomic E-state index is 11.1. The second-order valence-corrected chi connectivity index (χ2v) is 16.8. The molecular formula is C16H34O6Si2. The van der Waals surface area contributed by atoms with Crippen LogP contribution in [0.15, 0.2) is 0 Å². The summed E-state index contributed by atoms with van der Waals surface area (Å²) in [7, 11) is -3.24. The fraction of sp³-hybridized carbons (Fsp3) is 0.875. The number of carbonyl (C=O) groups excluding carboxylic acids is 2. The van der Waals surface area contributed by atoms with Gasteiger partial charge in [0.05, 0.1) is 6.61 Å². The average molecular weight is 379 g/mol. The first kappa shape index (κ1) is 23.3. The summed E-state index contributed by atoms with van der Waals surface area (Å²) in [5, 5.41) is 0. The summed E-state index contributed by atoms with van der Waals surface area (Å²) in [6, 6.07) is 1.01. The fourth-order valence-corrected chi connectivity index (χ4v) is 11.5. The molecule has 0 aliphatic rings. The lowest BCUT2D eigenvalue weighted by molar-refractivity contribution is -0.160. The number of esters is 2. The standard InChI is InChI=1S/C16H34O6Si2/c1-13(12-24(7,8)22-23(4,5)6)9-19-10-16(21-15(3)18)11-20-14(2)17/h13,16H,9-12H2,1-8H3. The molecule has 2 atom stereocenters. The Balaban J connectivity index is 4.28. The molecular weight excluding hydrogens is 344 g/mol. The molecule has 0 rings (SSSR count). The lowest BCUT2D eigenvalue weighted by Gasteiger charge is -2.33. The zero-order valence-electron chi connectivity index (χ0n) is 16.4. The van der Waals surface area contributed by atoms with Gasteiger partial charge in [0, 0.05) is 20.5 Å². The molecule has 0 aromatic heterocycles. The van der Waals surface area contributed by atoms with Crippen molar-refractivity contribution >= 4 is 28.6 Å². The van der Waals surface area contributed by atoms with E-state index in [1.54, 1.807) is 0 Å². The van der Waals surface area contributed by atoms with Crippen molar-refractivity contribution in [3.63, 3.8) is 0 Å². The van der Waals surface area contributed by atoms with Crippen molar-refractivity contribution in [1.82, 2.24) is 0 Å². The number of rotatable bonds is 11. The van der Waals surface area contributed by atoms with E-state index < -0.39 is 34.7 Å².